The standard InChI is InChI=1S/C15H15BrN2O3/c1-9(2)11-6-10(16)4-5-13(11)21-14-8-17-7-12(18-14)15(19)20-3/h4-9H,1-3H3. The van der Waals surface area contributed by atoms with E-state index in [1.54, 1.807) is 0 Å². The zero-order valence-corrected chi connectivity index (χ0v) is 13.5. The van der Waals surface area contributed by atoms with E-state index in [1.165, 1.54) is 19.5 Å². The van der Waals surface area contributed by atoms with Crippen LogP contribution in [-0.4, -0.2) is 23.0 Å². The Morgan fingerprint density at radius 1 is 1.29 bits per heavy atom. The van der Waals surface area contributed by atoms with Gasteiger partial charge in [0.05, 0.1) is 19.5 Å². The van der Waals surface area contributed by atoms with Crippen LogP contribution in [0.15, 0.2) is 35.1 Å². The lowest BCUT2D eigenvalue weighted by Crippen LogP contribution is -2.06. The van der Waals surface area contributed by atoms with Crippen molar-refractivity contribution < 1.29 is 14.3 Å². The second-order valence-electron chi connectivity index (χ2n) is 4.67. The second-order valence-corrected chi connectivity index (χ2v) is 5.59. The average molecular weight is 351 g/mol. The van der Waals surface area contributed by atoms with E-state index < -0.39 is 5.97 Å². The summed E-state index contributed by atoms with van der Waals surface area (Å²) in [5.41, 5.74) is 1.15. The molecule has 0 radical (unpaired) electrons. The molecule has 0 aliphatic carbocycles. The number of methoxy groups -OCH3 is 1. The molecule has 2 rings (SSSR count). The van der Waals surface area contributed by atoms with E-state index in [4.69, 9.17) is 4.74 Å². The molecule has 5 nitrogen and oxygen atoms in total. The number of halogens is 1. The highest BCUT2D eigenvalue weighted by Gasteiger charge is 2.13. The van der Waals surface area contributed by atoms with Crippen molar-refractivity contribution >= 4 is 21.9 Å². The van der Waals surface area contributed by atoms with Gasteiger partial charge >= 0.3 is 5.97 Å². The molecule has 2 aromatic rings. The Bertz CT molecular complexity index is 659. The highest BCUT2D eigenvalue weighted by molar-refractivity contribution is 9.10. The van der Waals surface area contributed by atoms with E-state index in [1.807, 2.05) is 18.2 Å². The summed E-state index contributed by atoms with van der Waals surface area (Å²) in [5, 5.41) is 0. The van der Waals surface area contributed by atoms with Crippen molar-refractivity contribution in [3.8, 4) is 11.6 Å². The Hall–Kier alpha value is -1.95. The molecule has 0 aliphatic rings. The van der Waals surface area contributed by atoms with Crippen LogP contribution in [0.25, 0.3) is 0 Å². The van der Waals surface area contributed by atoms with Gasteiger partial charge in [0.15, 0.2) is 5.69 Å². The first-order chi connectivity index (χ1) is 10.0. The third-order valence-electron chi connectivity index (χ3n) is 2.82. The number of carbonyl (C=O) groups excluding carboxylic acids is 1. The molecule has 0 unspecified atom stereocenters. The number of esters is 1. The van der Waals surface area contributed by atoms with Crippen LogP contribution in [-0.2, 0) is 4.74 Å². The zero-order valence-electron chi connectivity index (χ0n) is 12.0. The van der Waals surface area contributed by atoms with Crippen molar-refractivity contribution in [2.45, 2.75) is 19.8 Å². The number of benzene rings is 1. The third-order valence-corrected chi connectivity index (χ3v) is 3.31. The number of hydrogen-bond donors (Lipinski definition) is 0. The molecule has 6 heteroatoms. The maximum absolute atomic E-state index is 11.5. The molecule has 0 bridgehead atoms. The average Bonchev–Trinajstić information content (AvgIpc) is 2.48. The van der Waals surface area contributed by atoms with Crippen LogP contribution in [0.2, 0.25) is 0 Å². The maximum atomic E-state index is 11.5. The fourth-order valence-corrected chi connectivity index (χ4v) is 2.16. The van der Waals surface area contributed by atoms with Crippen molar-refractivity contribution in [2.75, 3.05) is 7.11 Å². The van der Waals surface area contributed by atoms with Gasteiger partial charge in [-0.1, -0.05) is 29.8 Å². The fourth-order valence-electron chi connectivity index (χ4n) is 1.78. The lowest BCUT2D eigenvalue weighted by atomic mass is 10.0. The molecule has 21 heavy (non-hydrogen) atoms. The fraction of sp³-hybridized carbons (Fsp3) is 0.267. The summed E-state index contributed by atoms with van der Waals surface area (Å²) >= 11 is 3.45. The van der Waals surface area contributed by atoms with Gasteiger partial charge < -0.3 is 9.47 Å². The van der Waals surface area contributed by atoms with Crippen LogP contribution in [0.3, 0.4) is 0 Å². The summed E-state index contributed by atoms with van der Waals surface area (Å²) in [6.45, 7) is 4.15. The van der Waals surface area contributed by atoms with E-state index in [0.29, 0.717) is 5.75 Å². The molecule has 110 valence electrons. The van der Waals surface area contributed by atoms with Crippen molar-refractivity contribution in [3.05, 3.63) is 46.3 Å². The number of carbonyl (C=O) groups is 1. The first-order valence-electron chi connectivity index (χ1n) is 6.39. The summed E-state index contributed by atoms with van der Waals surface area (Å²) in [6, 6.07) is 5.74. The van der Waals surface area contributed by atoms with Crippen LogP contribution in [0.1, 0.15) is 35.8 Å². The molecule has 0 atom stereocenters. The van der Waals surface area contributed by atoms with Crippen LogP contribution in [0, 0.1) is 0 Å². The van der Waals surface area contributed by atoms with Gasteiger partial charge in [-0.25, -0.2) is 9.78 Å². The Morgan fingerprint density at radius 2 is 2.05 bits per heavy atom. The maximum Gasteiger partial charge on any atom is 0.358 e. The van der Waals surface area contributed by atoms with Crippen LogP contribution in [0.5, 0.6) is 11.6 Å². The Balaban J connectivity index is 2.32. The Labute approximate surface area is 131 Å². The normalized spacial score (nSPS) is 10.5. The predicted octanol–water partition coefficient (Wildman–Crippen LogP) is 3.94. The largest absolute Gasteiger partial charge is 0.464 e. The molecule has 1 aromatic carbocycles. The van der Waals surface area contributed by atoms with Gasteiger partial charge in [0, 0.05) is 4.47 Å². The van der Waals surface area contributed by atoms with Gasteiger partial charge in [0.2, 0.25) is 5.88 Å². The minimum absolute atomic E-state index is 0.109. The molecular weight excluding hydrogens is 336 g/mol. The van der Waals surface area contributed by atoms with Gasteiger partial charge in [0.25, 0.3) is 0 Å². The molecule has 0 aliphatic heterocycles. The number of hydrogen-bond acceptors (Lipinski definition) is 5. The van der Waals surface area contributed by atoms with E-state index in [9.17, 15) is 4.79 Å². The zero-order chi connectivity index (χ0) is 15.4. The summed E-state index contributed by atoms with van der Waals surface area (Å²) in [4.78, 5) is 19.5. The quantitative estimate of drug-likeness (QED) is 0.781. The number of aromatic nitrogens is 2. The first-order valence-corrected chi connectivity index (χ1v) is 7.18. The molecule has 0 spiro atoms. The third kappa shape index (κ3) is 3.78. The van der Waals surface area contributed by atoms with Gasteiger partial charge in [-0.05, 0) is 29.7 Å². The van der Waals surface area contributed by atoms with Crippen molar-refractivity contribution in [1.29, 1.82) is 0 Å². The smallest absolute Gasteiger partial charge is 0.358 e. The lowest BCUT2D eigenvalue weighted by molar-refractivity contribution is 0.0592. The van der Waals surface area contributed by atoms with Gasteiger partial charge in [-0.2, -0.15) is 0 Å². The number of ether oxygens (including phenoxy) is 2. The molecule has 0 N–H and O–H groups in total. The van der Waals surface area contributed by atoms with Crippen molar-refractivity contribution in [1.82, 2.24) is 9.97 Å². The molecule has 1 heterocycles. The minimum Gasteiger partial charge on any atom is -0.464 e. The first kappa shape index (κ1) is 15.4. The summed E-state index contributed by atoms with van der Waals surface area (Å²) < 4.78 is 11.4. The van der Waals surface area contributed by atoms with Gasteiger partial charge in [-0.3, -0.25) is 4.98 Å². The molecule has 1 aromatic heterocycles. The molecule has 0 fully saturated rings. The second kappa shape index (κ2) is 6.67. The van der Waals surface area contributed by atoms with Crippen molar-refractivity contribution in [2.24, 2.45) is 0 Å². The van der Waals surface area contributed by atoms with Crippen LogP contribution in [0.4, 0.5) is 0 Å². The highest BCUT2D eigenvalue weighted by atomic mass is 79.9. The van der Waals surface area contributed by atoms with Gasteiger partial charge in [-0.15, -0.1) is 0 Å². The monoisotopic (exact) mass is 350 g/mol. The van der Waals surface area contributed by atoms with E-state index >= 15 is 0 Å². The summed E-state index contributed by atoms with van der Waals surface area (Å²) in [6.07, 6.45) is 2.79. The van der Waals surface area contributed by atoms with E-state index in [2.05, 4.69) is 44.5 Å². The SMILES string of the molecule is COC(=O)c1cncc(Oc2ccc(Br)cc2C(C)C)n1. The summed E-state index contributed by atoms with van der Waals surface area (Å²) in [7, 11) is 1.29. The van der Waals surface area contributed by atoms with Crippen LogP contribution < -0.4 is 4.74 Å². The van der Waals surface area contributed by atoms with Crippen LogP contribution >= 0.6 is 15.9 Å². The lowest BCUT2D eigenvalue weighted by Gasteiger charge is -2.13. The Morgan fingerprint density at radius 3 is 2.71 bits per heavy atom. The topological polar surface area (TPSA) is 61.3 Å². The van der Waals surface area contributed by atoms with E-state index in [-0.39, 0.29) is 17.5 Å². The molecule has 0 saturated heterocycles. The minimum atomic E-state index is -0.548. The van der Waals surface area contributed by atoms with Crippen molar-refractivity contribution in [3.63, 3.8) is 0 Å². The Kier molecular flexibility index (Phi) is 4.90. The predicted molar refractivity (Wildman–Crippen MR) is 81.7 cm³/mol. The van der Waals surface area contributed by atoms with Gasteiger partial charge in [0.1, 0.15) is 5.75 Å². The number of rotatable bonds is 4. The highest BCUT2D eigenvalue weighted by Crippen LogP contribution is 2.32. The molecule has 0 amide bonds. The summed E-state index contributed by atoms with van der Waals surface area (Å²) in [5.74, 6) is 0.675. The number of nitrogens with zero attached hydrogens (tertiary/aromatic N) is 2. The molecular formula is C15H15BrN2O3. The molecule has 0 saturated carbocycles. The van der Waals surface area contributed by atoms with E-state index in [0.717, 1.165) is 10.0 Å².